The first-order valence-corrected chi connectivity index (χ1v) is 7.77. The zero-order valence-electron chi connectivity index (χ0n) is 11.0. The van der Waals surface area contributed by atoms with Crippen LogP contribution in [0.15, 0.2) is 39.3 Å². The molecular formula is C15H12Br2F2O2. The topological polar surface area (TPSA) is 29.5 Å². The van der Waals surface area contributed by atoms with Gasteiger partial charge in [0.15, 0.2) is 0 Å². The molecular weight excluding hydrogens is 410 g/mol. The van der Waals surface area contributed by atoms with Gasteiger partial charge in [-0.25, -0.2) is 8.78 Å². The summed E-state index contributed by atoms with van der Waals surface area (Å²) in [6.07, 6.45) is -1.41. The van der Waals surface area contributed by atoms with Crippen molar-refractivity contribution < 1.29 is 18.6 Å². The van der Waals surface area contributed by atoms with Crippen molar-refractivity contribution in [2.24, 2.45) is 0 Å². The molecule has 0 spiro atoms. The predicted octanol–water partition coefficient (Wildman–Crippen LogP) is 4.97. The molecule has 2 rings (SSSR count). The Morgan fingerprint density at radius 2 is 1.76 bits per heavy atom. The monoisotopic (exact) mass is 420 g/mol. The first-order chi connectivity index (χ1) is 9.93. The van der Waals surface area contributed by atoms with Crippen molar-refractivity contribution in [3.05, 3.63) is 62.0 Å². The van der Waals surface area contributed by atoms with Gasteiger partial charge in [-0.3, -0.25) is 0 Å². The number of hydrogen-bond donors (Lipinski definition) is 1. The molecule has 0 radical (unpaired) electrons. The normalized spacial score (nSPS) is 12.3. The Bertz CT molecular complexity index is 639. The molecule has 2 aromatic carbocycles. The van der Waals surface area contributed by atoms with Crippen LogP contribution in [0.1, 0.15) is 24.2 Å². The lowest BCUT2D eigenvalue weighted by Crippen LogP contribution is -2.07. The van der Waals surface area contributed by atoms with Crippen molar-refractivity contribution in [1.82, 2.24) is 0 Å². The lowest BCUT2D eigenvalue weighted by molar-refractivity contribution is 0.208. The highest BCUT2D eigenvalue weighted by Crippen LogP contribution is 2.34. The molecule has 0 heterocycles. The summed E-state index contributed by atoms with van der Waals surface area (Å²) in [5, 5.41) is 10.3. The summed E-state index contributed by atoms with van der Waals surface area (Å²) in [5.74, 6) is -1.01. The summed E-state index contributed by atoms with van der Waals surface area (Å²) in [7, 11) is 0. The van der Waals surface area contributed by atoms with Crippen LogP contribution in [0.5, 0.6) is 5.75 Å². The van der Waals surface area contributed by atoms with E-state index in [2.05, 4.69) is 31.9 Å². The molecule has 0 aliphatic heterocycles. The van der Waals surface area contributed by atoms with E-state index >= 15 is 0 Å². The molecule has 0 fully saturated rings. The van der Waals surface area contributed by atoms with Crippen LogP contribution in [0.25, 0.3) is 0 Å². The number of aliphatic hydroxyl groups excluding tert-OH is 1. The van der Waals surface area contributed by atoms with Gasteiger partial charge in [-0.1, -0.05) is 37.9 Å². The van der Waals surface area contributed by atoms with Gasteiger partial charge in [0.05, 0.1) is 12.2 Å². The molecule has 0 saturated heterocycles. The van der Waals surface area contributed by atoms with Gasteiger partial charge in [0.2, 0.25) is 0 Å². The highest BCUT2D eigenvalue weighted by atomic mass is 79.9. The third-order valence-electron chi connectivity index (χ3n) is 2.89. The van der Waals surface area contributed by atoms with E-state index in [4.69, 9.17) is 4.74 Å². The maximum Gasteiger partial charge on any atom is 0.133 e. The molecule has 0 amide bonds. The van der Waals surface area contributed by atoms with Crippen LogP contribution in [0.3, 0.4) is 0 Å². The largest absolute Gasteiger partial charge is 0.494 e. The van der Waals surface area contributed by atoms with Crippen molar-refractivity contribution >= 4 is 31.9 Å². The average molecular weight is 422 g/mol. The van der Waals surface area contributed by atoms with Gasteiger partial charge >= 0.3 is 0 Å². The van der Waals surface area contributed by atoms with Gasteiger partial charge in [-0.05, 0) is 36.8 Å². The maximum atomic E-state index is 13.9. The third-order valence-corrected chi connectivity index (χ3v) is 4.04. The Kier molecular flexibility index (Phi) is 5.35. The van der Waals surface area contributed by atoms with E-state index in [1.807, 2.05) is 6.92 Å². The number of ether oxygens (including phenoxy) is 1. The third kappa shape index (κ3) is 3.62. The van der Waals surface area contributed by atoms with Crippen LogP contribution < -0.4 is 4.74 Å². The van der Waals surface area contributed by atoms with Crippen LogP contribution >= 0.6 is 31.9 Å². The molecule has 2 nitrogen and oxygen atoms in total. The molecule has 1 atom stereocenters. The Morgan fingerprint density at radius 1 is 1.14 bits per heavy atom. The second-order valence-corrected chi connectivity index (χ2v) is 6.07. The smallest absolute Gasteiger partial charge is 0.133 e. The second kappa shape index (κ2) is 6.85. The fourth-order valence-electron chi connectivity index (χ4n) is 1.96. The Labute approximate surface area is 138 Å². The van der Waals surface area contributed by atoms with Crippen LogP contribution in [0.4, 0.5) is 8.78 Å². The van der Waals surface area contributed by atoms with Gasteiger partial charge in [0.1, 0.15) is 23.5 Å². The lowest BCUT2D eigenvalue weighted by Gasteiger charge is -2.16. The molecule has 2 aromatic rings. The highest BCUT2D eigenvalue weighted by molar-refractivity contribution is 9.10. The highest BCUT2D eigenvalue weighted by Gasteiger charge is 2.22. The van der Waals surface area contributed by atoms with E-state index in [0.717, 1.165) is 12.1 Å². The van der Waals surface area contributed by atoms with E-state index in [0.29, 0.717) is 22.4 Å². The van der Waals surface area contributed by atoms with Crippen LogP contribution in [-0.4, -0.2) is 11.7 Å². The molecule has 1 N–H and O–H groups in total. The van der Waals surface area contributed by atoms with Gasteiger partial charge in [-0.15, -0.1) is 0 Å². The molecule has 0 aliphatic carbocycles. The Balaban J connectivity index is 2.43. The first-order valence-electron chi connectivity index (χ1n) is 6.18. The summed E-state index contributed by atoms with van der Waals surface area (Å²) in [4.78, 5) is 0. The first kappa shape index (κ1) is 16.4. The molecule has 112 valence electrons. The number of rotatable bonds is 4. The summed E-state index contributed by atoms with van der Waals surface area (Å²) in [6.45, 7) is 2.35. The lowest BCUT2D eigenvalue weighted by atomic mass is 10.0. The number of hydrogen-bond acceptors (Lipinski definition) is 2. The van der Waals surface area contributed by atoms with Gasteiger partial charge in [0.25, 0.3) is 0 Å². The zero-order chi connectivity index (χ0) is 15.6. The molecule has 21 heavy (non-hydrogen) atoms. The summed E-state index contributed by atoms with van der Waals surface area (Å²) < 4.78 is 33.9. The van der Waals surface area contributed by atoms with Crippen molar-refractivity contribution in [2.75, 3.05) is 6.61 Å². The average Bonchev–Trinajstić information content (AvgIpc) is 2.37. The number of aliphatic hydroxyl groups is 1. The van der Waals surface area contributed by atoms with Crippen LogP contribution in [-0.2, 0) is 0 Å². The van der Waals surface area contributed by atoms with E-state index in [9.17, 15) is 13.9 Å². The fraction of sp³-hybridized carbons (Fsp3) is 0.200. The van der Waals surface area contributed by atoms with E-state index in [1.165, 1.54) is 0 Å². The fourth-order valence-corrected chi connectivity index (χ4v) is 2.93. The predicted molar refractivity (Wildman–Crippen MR) is 83.4 cm³/mol. The quantitative estimate of drug-likeness (QED) is 0.755. The van der Waals surface area contributed by atoms with Crippen molar-refractivity contribution in [1.29, 1.82) is 0 Å². The van der Waals surface area contributed by atoms with Gasteiger partial charge < -0.3 is 9.84 Å². The van der Waals surface area contributed by atoms with Gasteiger partial charge in [-0.2, -0.15) is 0 Å². The van der Waals surface area contributed by atoms with E-state index in [1.54, 1.807) is 18.2 Å². The molecule has 0 saturated carbocycles. The summed E-state index contributed by atoms with van der Waals surface area (Å²) in [5.41, 5.74) is -0.0263. The Hall–Kier alpha value is -0.980. The molecule has 0 bridgehead atoms. The van der Waals surface area contributed by atoms with Crippen LogP contribution in [0, 0.1) is 11.6 Å². The maximum absolute atomic E-state index is 13.9. The summed E-state index contributed by atoms with van der Waals surface area (Å²) >= 11 is 6.29. The minimum atomic E-state index is -1.41. The summed E-state index contributed by atoms with van der Waals surface area (Å²) in [6, 6.07) is 7.09. The Morgan fingerprint density at radius 3 is 2.29 bits per heavy atom. The van der Waals surface area contributed by atoms with Crippen molar-refractivity contribution in [3.8, 4) is 5.75 Å². The molecule has 0 aromatic heterocycles. The van der Waals surface area contributed by atoms with E-state index in [-0.39, 0.29) is 10.0 Å². The minimum absolute atomic E-state index is 0.277. The van der Waals surface area contributed by atoms with Gasteiger partial charge in [0, 0.05) is 8.95 Å². The van der Waals surface area contributed by atoms with E-state index < -0.39 is 17.7 Å². The number of halogens is 4. The minimum Gasteiger partial charge on any atom is -0.494 e. The van der Waals surface area contributed by atoms with Crippen molar-refractivity contribution in [2.45, 2.75) is 13.0 Å². The molecule has 1 unspecified atom stereocenters. The zero-order valence-corrected chi connectivity index (χ0v) is 14.2. The molecule has 0 aliphatic rings. The number of benzene rings is 2. The van der Waals surface area contributed by atoms with Crippen LogP contribution in [0.2, 0.25) is 0 Å². The SMILES string of the molecule is CCOc1ccc(C(O)c2c(F)cc(Br)cc2F)c(Br)c1. The van der Waals surface area contributed by atoms with Crippen molar-refractivity contribution in [3.63, 3.8) is 0 Å². The second-order valence-electron chi connectivity index (χ2n) is 4.30. The standard InChI is InChI=1S/C15H12Br2F2O2/c1-2-21-9-3-4-10(11(17)7-9)15(20)14-12(18)5-8(16)6-13(14)19/h3-7,15,20H,2H2,1H3. The molecule has 6 heteroatoms.